The van der Waals surface area contributed by atoms with E-state index < -0.39 is 0 Å². The average molecular weight is 383 g/mol. The molecule has 1 N–H and O–H groups in total. The first-order valence-corrected chi connectivity index (χ1v) is 9.27. The summed E-state index contributed by atoms with van der Waals surface area (Å²) in [6.45, 7) is 2.64. The van der Waals surface area contributed by atoms with Crippen LogP contribution in [-0.4, -0.2) is 60.2 Å². The van der Waals surface area contributed by atoms with Crippen LogP contribution in [0.3, 0.4) is 0 Å². The first-order valence-electron chi connectivity index (χ1n) is 9.27. The molecule has 0 radical (unpaired) electrons. The van der Waals surface area contributed by atoms with Crippen LogP contribution in [0.15, 0.2) is 36.4 Å². The molecule has 8 heteroatoms. The lowest BCUT2D eigenvalue weighted by molar-refractivity contribution is -0.114. The van der Waals surface area contributed by atoms with Gasteiger partial charge in [-0.3, -0.25) is 9.59 Å². The number of ether oxygens (including phenoxy) is 1. The van der Waals surface area contributed by atoms with Crippen molar-refractivity contribution in [3.8, 4) is 5.88 Å². The zero-order valence-corrected chi connectivity index (χ0v) is 16.4. The summed E-state index contributed by atoms with van der Waals surface area (Å²) in [6, 6.07) is 10.6. The SMILES string of the molecule is CC(=O)Nc1ccc(C(=O)N2CCCC(Oc3ccc(N(C)C)nn3)C2)cc1. The molecule has 0 bridgehead atoms. The Labute approximate surface area is 164 Å². The van der Waals surface area contributed by atoms with E-state index in [4.69, 9.17) is 4.74 Å². The van der Waals surface area contributed by atoms with Crippen LogP contribution in [-0.2, 0) is 4.79 Å². The maximum Gasteiger partial charge on any atom is 0.253 e. The average Bonchev–Trinajstić information content (AvgIpc) is 2.68. The molecule has 1 saturated heterocycles. The fourth-order valence-corrected chi connectivity index (χ4v) is 3.09. The van der Waals surface area contributed by atoms with Crippen LogP contribution in [0.4, 0.5) is 11.5 Å². The highest BCUT2D eigenvalue weighted by Gasteiger charge is 2.26. The van der Waals surface area contributed by atoms with E-state index in [1.165, 1.54) is 6.92 Å². The molecule has 1 aromatic carbocycles. The zero-order chi connectivity index (χ0) is 20.1. The Bertz CT molecular complexity index is 821. The molecule has 1 atom stereocenters. The van der Waals surface area contributed by atoms with Gasteiger partial charge in [0, 0.05) is 44.9 Å². The second-order valence-electron chi connectivity index (χ2n) is 7.02. The number of amides is 2. The minimum Gasteiger partial charge on any atom is -0.471 e. The van der Waals surface area contributed by atoms with E-state index in [0.717, 1.165) is 18.7 Å². The van der Waals surface area contributed by atoms with Gasteiger partial charge < -0.3 is 19.9 Å². The third kappa shape index (κ3) is 4.97. The molecule has 0 saturated carbocycles. The van der Waals surface area contributed by atoms with Crippen molar-refractivity contribution < 1.29 is 14.3 Å². The van der Waals surface area contributed by atoms with Crippen molar-refractivity contribution in [2.45, 2.75) is 25.9 Å². The molecule has 0 aliphatic carbocycles. The molecule has 1 aliphatic heterocycles. The highest BCUT2D eigenvalue weighted by molar-refractivity contribution is 5.95. The number of rotatable bonds is 5. The van der Waals surface area contributed by atoms with Gasteiger partial charge in [0.25, 0.3) is 5.91 Å². The highest BCUT2D eigenvalue weighted by Crippen LogP contribution is 2.20. The lowest BCUT2D eigenvalue weighted by Crippen LogP contribution is -2.44. The molecule has 0 spiro atoms. The second kappa shape index (κ2) is 8.69. The van der Waals surface area contributed by atoms with Gasteiger partial charge >= 0.3 is 0 Å². The number of nitrogens with one attached hydrogen (secondary N) is 1. The molecule has 8 nitrogen and oxygen atoms in total. The molecular formula is C20H25N5O3. The van der Waals surface area contributed by atoms with Crippen molar-refractivity contribution in [3.63, 3.8) is 0 Å². The Morgan fingerprint density at radius 2 is 1.89 bits per heavy atom. The van der Waals surface area contributed by atoms with Crippen LogP contribution in [0.5, 0.6) is 5.88 Å². The number of aromatic nitrogens is 2. The molecular weight excluding hydrogens is 358 g/mol. The summed E-state index contributed by atoms with van der Waals surface area (Å²) in [5.41, 5.74) is 1.26. The summed E-state index contributed by atoms with van der Waals surface area (Å²) in [6.07, 6.45) is 1.61. The fourth-order valence-electron chi connectivity index (χ4n) is 3.09. The van der Waals surface area contributed by atoms with Gasteiger partial charge in [-0.2, -0.15) is 0 Å². The molecule has 148 valence electrons. The summed E-state index contributed by atoms with van der Waals surface area (Å²) in [4.78, 5) is 27.6. The van der Waals surface area contributed by atoms with Crippen molar-refractivity contribution in [3.05, 3.63) is 42.0 Å². The summed E-state index contributed by atoms with van der Waals surface area (Å²) in [7, 11) is 3.80. The van der Waals surface area contributed by atoms with E-state index in [1.54, 1.807) is 35.2 Å². The fraction of sp³-hybridized carbons (Fsp3) is 0.400. The summed E-state index contributed by atoms with van der Waals surface area (Å²) < 4.78 is 5.94. The number of anilines is 2. The lowest BCUT2D eigenvalue weighted by atomic mass is 10.1. The van der Waals surface area contributed by atoms with Crippen molar-refractivity contribution in [1.82, 2.24) is 15.1 Å². The number of carbonyl (C=O) groups excluding carboxylic acids is 2. The molecule has 2 amide bonds. The second-order valence-corrected chi connectivity index (χ2v) is 7.02. The van der Waals surface area contributed by atoms with Crippen molar-refractivity contribution in [2.75, 3.05) is 37.4 Å². The number of piperidine rings is 1. The molecule has 1 unspecified atom stereocenters. The van der Waals surface area contributed by atoms with Crippen molar-refractivity contribution in [1.29, 1.82) is 0 Å². The Morgan fingerprint density at radius 1 is 1.14 bits per heavy atom. The summed E-state index contributed by atoms with van der Waals surface area (Å²) in [5.74, 6) is 1.04. The van der Waals surface area contributed by atoms with Gasteiger partial charge in [-0.1, -0.05) is 0 Å². The van der Waals surface area contributed by atoms with Crippen LogP contribution in [0, 0.1) is 0 Å². The van der Waals surface area contributed by atoms with Crippen molar-refractivity contribution >= 4 is 23.3 Å². The van der Waals surface area contributed by atoms with Gasteiger partial charge in [0.15, 0.2) is 5.82 Å². The number of likely N-dealkylation sites (tertiary alicyclic amines) is 1. The van der Waals surface area contributed by atoms with Crippen LogP contribution >= 0.6 is 0 Å². The Hall–Kier alpha value is -3.16. The zero-order valence-electron chi connectivity index (χ0n) is 16.4. The minimum atomic E-state index is -0.142. The number of hydrogen-bond acceptors (Lipinski definition) is 6. The first kappa shape index (κ1) is 19.6. The maximum absolute atomic E-state index is 12.8. The Kier molecular flexibility index (Phi) is 6.08. The third-order valence-corrected chi connectivity index (χ3v) is 4.49. The smallest absolute Gasteiger partial charge is 0.253 e. The van der Waals surface area contributed by atoms with Gasteiger partial charge in [-0.05, 0) is 43.2 Å². The largest absolute Gasteiger partial charge is 0.471 e. The first-order chi connectivity index (χ1) is 13.4. The topological polar surface area (TPSA) is 87.7 Å². The van der Waals surface area contributed by atoms with Crippen LogP contribution < -0.4 is 15.0 Å². The molecule has 1 aromatic heterocycles. The van der Waals surface area contributed by atoms with Crippen LogP contribution in [0.25, 0.3) is 0 Å². The van der Waals surface area contributed by atoms with Crippen LogP contribution in [0.2, 0.25) is 0 Å². The van der Waals surface area contributed by atoms with E-state index in [-0.39, 0.29) is 17.9 Å². The third-order valence-electron chi connectivity index (χ3n) is 4.49. The summed E-state index contributed by atoms with van der Waals surface area (Å²) in [5, 5.41) is 10.9. The molecule has 2 aromatic rings. The number of hydrogen-bond donors (Lipinski definition) is 1. The number of nitrogens with zero attached hydrogens (tertiary/aromatic N) is 4. The van der Waals surface area contributed by atoms with E-state index in [0.29, 0.717) is 30.2 Å². The summed E-state index contributed by atoms with van der Waals surface area (Å²) >= 11 is 0. The van der Waals surface area contributed by atoms with Crippen molar-refractivity contribution in [2.24, 2.45) is 0 Å². The number of carbonyl (C=O) groups is 2. The monoisotopic (exact) mass is 383 g/mol. The Balaban J connectivity index is 1.60. The minimum absolute atomic E-state index is 0.0447. The van der Waals surface area contributed by atoms with Gasteiger partial charge in [0.1, 0.15) is 6.10 Å². The van der Waals surface area contributed by atoms with E-state index in [1.807, 2.05) is 25.1 Å². The van der Waals surface area contributed by atoms with Gasteiger partial charge in [0.2, 0.25) is 11.8 Å². The molecule has 3 rings (SSSR count). The molecule has 1 aliphatic rings. The highest BCUT2D eigenvalue weighted by atomic mass is 16.5. The normalized spacial score (nSPS) is 16.4. The predicted molar refractivity (Wildman–Crippen MR) is 107 cm³/mol. The van der Waals surface area contributed by atoms with E-state index in [2.05, 4.69) is 15.5 Å². The number of benzene rings is 1. The van der Waals surface area contributed by atoms with Crippen LogP contribution in [0.1, 0.15) is 30.1 Å². The van der Waals surface area contributed by atoms with Gasteiger partial charge in [0.05, 0.1) is 6.54 Å². The van der Waals surface area contributed by atoms with E-state index in [9.17, 15) is 9.59 Å². The van der Waals surface area contributed by atoms with Gasteiger partial charge in [-0.15, -0.1) is 10.2 Å². The standard InChI is InChI=1S/C20H25N5O3/c1-14(26)21-16-8-6-15(7-9-16)20(27)25-12-4-5-17(13-25)28-19-11-10-18(22-23-19)24(2)3/h6-11,17H,4-5,12-13H2,1-3H3,(H,21,26). The molecule has 2 heterocycles. The maximum atomic E-state index is 12.8. The Morgan fingerprint density at radius 3 is 2.50 bits per heavy atom. The van der Waals surface area contributed by atoms with E-state index >= 15 is 0 Å². The lowest BCUT2D eigenvalue weighted by Gasteiger charge is -2.32. The quantitative estimate of drug-likeness (QED) is 0.852. The van der Waals surface area contributed by atoms with Gasteiger partial charge in [-0.25, -0.2) is 0 Å². The predicted octanol–water partition coefficient (Wildman–Crippen LogP) is 2.18. The molecule has 1 fully saturated rings. The molecule has 28 heavy (non-hydrogen) atoms.